The zero-order valence-corrected chi connectivity index (χ0v) is 14.7. The molecule has 126 valence electrons. The predicted octanol–water partition coefficient (Wildman–Crippen LogP) is 2.09. The van der Waals surface area contributed by atoms with Gasteiger partial charge < -0.3 is 5.32 Å². The molecule has 2 rings (SSSR count). The van der Waals surface area contributed by atoms with Gasteiger partial charge in [-0.1, -0.05) is 23.5 Å². The second-order valence-electron chi connectivity index (χ2n) is 4.94. The number of rotatable bonds is 7. The number of urea groups is 1. The van der Waals surface area contributed by atoms with Gasteiger partial charge in [0.1, 0.15) is 0 Å². The second kappa shape index (κ2) is 7.71. The molecular formula is C14H20N4O3S2. The first-order chi connectivity index (χ1) is 10.9. The minimum absolute atomic E-state index is 0.0784. The Morgan fingerprint density at radius 3 is 2.78 bits per heavy atom. The maximum Gasteiger partial charge on any atom is 0.321 e. The number of benzene rings is 1. The van der Waals surface area contributed by atoms with Crippen molar-refractivity contribution in [3.63, 3.8) is 0 Å². The van der Waals surface area contributed by atoms with E-state index in [1.54, 1.807) is 14.0 Å². The highest BCUT2D eigenvalue weighted by Crippen LogP contribution is 2.25. The number of carbonyl (C=O) groups is 1. The van der Waals surface area contributed by atoms with Crippen LogP contribution in [0.25, 0.3) is 10.2 Å². The molecule has 7 nitrogen and oxygen atoms in total. The Balaban J connectivity index is 1.75. The van der Waals surface area contributed by atoms with Crippen LogP contribution in [0.2, 0.25) is 0 Å². The van der Waals surface area contributed by atoms with Gasteiger partial charge in [0, 0.05) is 20.1 Å². The first-order valence-corrected chi connectivity index (χ1v) is 9.69. The van der Waals surface area contributed by atoms with Crippen molar-refractivity contribution in [2.75, 3.05) is 31.2 Å². The molecule has 2 aromatic rings. The molecule has 0 unspecified atom stereocenters. The standard InChI is InChI=1S/C14H20N4O3S2/c1-3-23(20,21)18(2)10-6-9-15-13(19)17-14-16-11-7-4-5-8-12(11)22-14/h4-5,7-8H,3,6,9-10H2,1-2H3,(H2,15,16,17,19). The predicted molar refractivity (Wildman–Crippen MR) is 93.3 cm³/mol. The summed E-state index contributed by atoms with van der Waals surface area (Å²) in [6.45, 7) is 2.37. The third-order valence-electron chi connectivity index (χ3n) is 3.29. The highest BCUT2D eigenvalue weighted by Gasteiger charge is 2.14. The quantitative estimate of drug-likeness (QED) is 0.743. The number of hydrogen-bond donors (Lipinski definition) is 2. The molecule has 2 amide bonds. The van der Waals surface area contributed by atoms with E-state index in [4.69, 9.17) is 0 Å². The van der Waals surface area contributed by atoms with Gasteiger partial charge in [0.2, 0.25) is 10.0 Å². The van der Waals surface area contributed by atoms with Crippen molar-refractivity contribution in [1.82, 2.24) is 14.6 Å². The largest absolute Gasteiger partial charge is 0.338 e. The van der Waals surface area contributed by atoms with Crippen LogP contribution in [0.5, 0.6) is 0 Å². The van der Waals surface area contributed by atoms with E-state index in [1.165, 1.54) is 15.6 Å². The van der Waals surface area contributed by atoms with Crippen molar-refractivity contribution in [3.05, 3.63) is 24.3 Å². The molecule has 1 aromatic carbocycles. The van der Waals surface area contributed by atoms with Gasteiger partial charge in [-0.15, -0.1) is 0 Å². The fraction of sp³-hybridized carbons (Fsp3) is 0.429. The normalized spacial score (nSPS) is 11.8. The molecule has 0 spiro atoms. The fourth-order valence-corrected chi connectivity index (χ4v) is 3.64. The number of hydrogen-bond acceptors (Lipinski definition) is 5. The van der Waals surface area contributed by atoms with Crippen LogP contribution < -0.4 is 10.6 Å². The average Bonchev–Trinajstić information content (AvgIpc) is 2.93. The lowest BCUT2D eigenvalue weighted by Crippen LogP contribution is -2.34. The number of anilines is 1. The van der Waals surface area contributed by atoms with Crippen molar-refractivity contribution in [3.8, 4) is 0 Å². The number of para-hydroxylation sites is 1. The van der Waals surface area contributed by atoms with Crippen molar-refractivity contribution in [1.29, 1.82) is 0 Å². The summed E-state index contributed by atoms with van der Waals surface area (Å²) >= 11 is 1.41. The Morgan fingerprint density at radius 1 is 1.35 bits per heavy atom. The van der Waals surface area contributed by atoms with E-state index in [9.17, 15) is 13.2 Å². The van der Waals surface area contributed by atoms with Crippen molar-refractivity contribution in [2.45, 2.75) is 13.3 Å². The lowest BCUT2D eigenvalue weighted by molar-refractivity contribution is 0.251. The van der Waals surface area contributed by atoms with Gasteiger partial charge in [-0.05, 0) is 25.5 Å². The second-order valence-corrected chi connectivity index (χ2v) is 8.34. The van der Waals surface area contributed by atoms with Crippen LogP contribution in [0, 0.1) is 0 Å². The van der Waals surface area contributed by atoms with Crippen LogP contribution >= 0.6 is 11.3 Å². The highest BCUT2D eigenvalue weighted by molar-refractivity contribution is 7.89. The molecule has 9 heteroatoms. The van der Waals surface area contributed by atoms with Gasteiger partial charge in [-0.2, -0.15) is 0 Å². The Labute approximate surface area is 139 Å². The van der Waals surface area contributed by atoms with Crippen LogP contribution in [-0.2, 0) is 10.0 Å². The Morgan fingerprint density at radius 2 is 2.09 bits per heavy atom. The number of aromatic nitrogens is 1. The molecule has 0 saturated carbocycles. The maximum atomic E-state index is 11.8. The van der Waals surface area contributed by atoms with E-state index in [-0.39, 0.29) is 11.8 Å². The monoisotopic (exact) mass is 356 g/mol. The van der Waals surface area contributed by atoms with Gasteiger partial charge in [0.05, 0.1) is 16.0 Å². The smallest absolute Gasteiger partial charge is 0.321 e. The van der Waals surface area contributed by atoms with Crippen LogP contribution in [0.15, 0.2) is 24.3 Å². The first-order valence-electron chi connectivity index (χ1n) is 7.27. The van der Waals surface area contributed by atoms with E-state index in [0.29, 0.717) is 24.6 Å². The van der Waals surface area contributed by atoms with Crippen molar-refractivity contribution < 1.29 is 13.2 Å². The van der Waals surface area contributed by atoms with Crippen LogP contribution in [0.3, 0.4) is 0 Å². The Bertz CT molecular complexity index is 740. The van der Waals surface area contributed by atoms with E-state index in [0.717, 1.165) is 10.2 Å². The number of thiazole rings is 1. The van der Waals surface area contributed by atoms with Crippen LogP contribution in [-0.4, -0.2) is 49.6 Å². The summed E-state index contributed by atoms with van der Waals surface area (Å²) in [6.07, 6.45) is 0.545. The average molecular weight is 356 g/mol. The van der Waals surface area contributed by atoms with E-state index >= 15 is 0 Å². The van der Waals surface area contributed by atoms with Crippen LogP contribution in [0.1, 0.15) is 13.3 Å². The molecule has 1 aromatic heterocycles. The Kier molecular flexibility index (Phi) is 5.91. The van der Waals surface area contributed by atoms with Gasteiger partial charge >= 0.3 is 6.03 Å². The van der Waals surface area contributed by atoms with E-state index < -0.39 is 10.0 Å². The molecule has 0 aliphatic heterocycles. The molecule has 0 fully saturated rings. The number of nitrogens with one attached hydrogen (secondary N) is 2. The maximum absolute atomic E-state index is 11.8. The van der Waals surface area contributed by atoms with Crippen molar-refractivity contribution in [2.24, 2.45) is 0 Å². The molecule has 0 aliphatic rings. The number of sulfonamides is 1. The SMILES string of the molecule is CCS(=O)(=O)N(C)CCCNC(=O)Nc1nc2ccccc2s1. The molecule has 1 heterocycles. The topological polar surface area (TPSA) is 91.4 Å². The Hall–Kier alpha value is -1.71. The minimum atomic E-state index is -3.17. The zero-order valence-electron chi connectivity index (χ0n) is 13.1. The number of fused-ring (bicyclic) bond motifs is 1. The fourth-order valence-electron chi connectivity index (χ4n) is 1.93. The van der Waals surface area contributed by atoms with E-state index in [2.05, 4.69) is 15.6 Å². The highest BCUT2D eigenvalue weighted by atomic mass is 32.2. The minimum Gasteiger partial charge on any atom is -0.338 e. The lowest BCUT2D eigenvalue weighted by Gasteiger charge is -2.15. The van der Waals surface area contributed by atoms with Crippen LogP contribution in [0.4, 0.5) is 9.93 Å². The molecule has 0 aliphatic carbocycles. The molecular weight excluding hydrogens is 336 g/mol. The summed E-state index contributed by atoms with van der Waals surface area (Å²) in [5.74, 6) is 0.0784. The lowest BCUT2D eigenvalue weighted by atomic mass is 10.3. The number of carbonyl (C=O) groups excluding carboxylic acids is 1. The molecule has 2 N–H and O–H groups in total. The summed E-state index contributed by atoms with van der Waals surface area (Å²) in [5.41, 5.74) is 0.846. The number of nitrogens with zero attached hydrogens (tertiary/aromatic N) is 2. The van der Waals surface area contributed by atoms with Gasteiger partial charge in [0.25, 0.3) is 0 Å². The van der Waals surface area contributed by atoms with Gasteiger partial charge in [0.15, 0.2) is 5.13 Å². The molecule has 0 radical (unpaired) electrons. The summed E-state index contributed by atoms with van der Waals surface area (Å²) in [4.78, 5) is 16.1. The summed E-state index contributed by atoms with van der Waals surface area (Å²) < 4.78 is 25.5. The molecule has 0 saturated heterocycles. The number of amides is 2. The first kappa shape index (κ1) is 17.6. The molecule has 0 bridgehead atoms. The zero-order chi connectivity index (χ0) is 16.9. The summed E-state index contributed by atoms with van der Waals surface area (Å²) in [6, 6.07) is 7.31. The third kappa shape index (κ3) is 4.88. The van der Waals surface area contributed by atoms with Gasteiger partial charge in [-0.3, -0.25) is 5.32 Å². The summed E-state index contributed by atoms with van der Waals surface area (Å²) in [5, 5.41) is 5.92. The van der Waals surface area contributed by atoms with Gasteiger partial charge in [-0.25, -0.2) is 22.5 Å². The molecule has 23 heavy (non-hydrogen) atoms. The van der Waals surface area contributed by atoms with E-state index in [1.807, 2.05) is 24.3 Å². The molecule has 0 atom stereocenters. The summed E-state index contributed by atoms with van der Waals surface area (Å²) in [7, 11) is -1.62. The van der Waals surface area contributed by atoms with Crippen molar-refractivity contribution >= 4 is 42.7 Å². The third-order valence-corrected chi connectivity index (χ3v) is 6.10.